The molecule has 0 aromatic carbocycles. The average molecular weight is 170 g/mol. The third-order valence-electron chi connectivity index (χ3n) is 1.72. The molecule has 0 heterocycles. The molecule has 0 unspecified atom stereocenters. The van der Waals surface area contributed by atoms with E-state index < -0.39 is 5.97 Å². The van der Waals surface area contributed by atoms with Crippen molar-refractivity contribution in [3.05, 3.63) is 11.6 Å². The van der Waals surface area contributed by atoms with Gasteiger partial charge in [-0.1, -0.05) is 26.8 Å². The molecule has 0 aromatic rings. The molecule has 0 aromatic heterocycles. The van der Waals surface area contributed by atoms with Crippen molar-refractivity contribution in [3.63, 3.8) is 0 Å². The fourth-order valence-corrected chi connectivity index (χ4v) is 0.987. The van der Waals surface area contributed by atoms with Crippen LogP contribution in [0.15, 0.2) is 11.6 Å². The fraction of sp³-hybridized carbons (Fsp3) is 0.700. The molecule has 0 amide bonds. The molecule has 1 N–H and O–H groups in total. The molecule has 0 fully saturated rings. The Morgan fingerprint density at radius 3 is 2.42 bits per heavy atom. The van der Waals surface area contributed by atoms with Gasteiger partial charge in [-0.2, -0.15) is 0 Å². The number of hydrogen-bond donors (Lipinski definition) is 1. The van der Waals surface area contributed by atoms with Crippen molar-refractivity contribution in [2.75, 3.05) is 0 Å². The molecule has 0 radical (unpaired) electrons. The lowest BCUT2D eigenvalue weighted by Gasteiger charge is -2.04. The Hall–Kier alpha value is -0.790. The molecule has 0 aliphatic carbocycles. The summed E-state index contributed by atoms with van der Waals surface area (Å²) < 4.78 is 0. The lowest BCUT2D eigenvalue weighted by atomic mass is 10.0. The minimum Gasteiger partial charge on any atom is -0.478 e. The molecule has 2 heteroatoms. The highest BCUT2D eigenvalue weighted by Gasteiger charge is 2.06. The van der Waals surface area contributed by atoms with E-state index in [1.54, 1.807) is 6.08 Å². The summed E-state index contributed by atoms with van der Waals surface area (Å²) >= 11 is 0. The van der Waals surface area contributed by atoms with Gasteiger partial charge in [0.2, 0.25) is 0 Å². The minimum atomic E-state index is -0.766. The summed E-state index contributed by atoms with van der Waals surface area (Å²) in [6.07, 6.45) is 4.25. The summed E-state index contributed by atoms with van der Waals surface area (Å²) in [5, 5.41) is 8.75. The zero-order valence-electron chi connectivity index (χ0n) is 8.13. The summed E-state index contributed by atoms with van der Waals surface area (Å²) in [4.78, 5) is 10.6. The Kier molecular flexibility index (Phi) is 5.43. The first-order chi connectivity index (χ1) is 5.57. The third kappa shape index (κ3) is 4.94. The molecule has 0 aliphatic rings. The maximum absolute atomic E-state index is 10.6. The molecule has 0 saturated carbocycles. The molecule has 0 rings (SSSR count). The van der Waals surface area contributed by atoms with Gasteiger partial charge < -0.3 is 5.11 Å². The Morgan fingerprint density at radius 2 is 2.08 bits per heavy atom. The summed E-state index contributed by atoms with van der Waals surface area (Å²) in [5.41, 5.74) is 0.561. The van der Waals surface area contributed by atoms with E-state index in [1.165, 1.54) is 0 Å². The van der Waals surface area contributed by atoms with Crippen LogP contribution < -0.4 is 0 Å². The van der Waals surface area contributed by atoms with Gasteiger partial charge in [0, 0.05) is 5.57 Å². The second kappa shape index (κ2) is 5.81. The fourth-order valence-electron chi connectivity index (χ4n) is 0.987. The average Bonchev–Trinajstić information content (AvgIpc) is 1.96. The molecule has 70 valence electrons. The first kappa shape index (κ1) is 11.2. The largest absolute Gasteiger partial charge is 0.478 e. The molecule has 0 bridgehead atoms. The van der Waals surface area contributed by atoms with E-state index in [1.807, 2.05) is 6.92 Å². The molecule has 0 atom stereocenters. The zero-order chi connectivity index (χ0) is 9.56. The highest BCUT2D eigenvalue weighted by molar-refractivity contribution is 5.86. The van der Waals surface area contributed by atoms with E-state index in [-0.39, 0.29) is 0 Å². The number of aliphatic carboxylic acids is 1. The summed E-state index contributed by atoms with van der Waals surface area (Å²) in [5.74, 6) is -0.192. The molecule has 0 aliphatic heterocycles. The van der Waals surface area contributed by atoms with Crippen LogP contribution in [0.4, 0.5) is 0 Å². The first-order valence-electron chi connectivity index (χ1n) is 4.50. The predicted molar refractivity (Wildman–Crippen MR) is 50.1 cm³/mol. The molecule has 0 saturated heterocycles. The van der Waals surface area contributed by atoms with Crippen molar-refractivity contribution in [3.8, 4) is 0 Å². The van der Waals surface area contributed by atoms with E-state index >= 15 is 0 Å². The molecular weight excluding hydrogens is 152 g/mol. The van der Waals surface area contributed by atoms with Crippen LogP contribution in [0, 0.1) is 5.92 Å². The lowest BCUT2D eigenvalue weighted by Crippen LogP contribution is -2.02. The third-order valence-corrected chi connectivity index (χ3v) is 1.72. The minimum absolute atomic E-state index is 0.561. The van der Waals surface area contributed by atoms with Crippen molar-refractivity contribution in [1.82, 2.24) is 0 Å². The van der Waals surface area contributed by atoms with Gasteiger partial charge in [0.05, 0.1) is 0 Å². The van der Waals surface area contributed by atoms with Crippen molar-refractivity contribution < 1.29 is 9.90 Å². The van der Waals surface area contributed by atoms with Crippen molar-refractivity contribution in [2.24, 2.45) is 5.92 Å². The van der Waals surface area contributed by atoms with Gasteiger partial charge in [0.1, 0.15) is 0 Å². The standard InChI is InChI=1S/C10H18O2/c1-4-5-9(10(11)12)7-6-8(2)3/h5,8H,4,6-7H2,1-3H3,(H,11,12)/b9-5+. The topological polar surface area (TPSA) is 37.3 Å². The SMILES string of the molecule is CC/C=C(\CCC(C)C)C(=O)O. The summed E-state index contributed by atoms with van der Waals surface area (Å²) in [6, 6.07) is 0. The highest BCUT2D eigenvalue weighted by Crippen LogP contribution is 2.12. The smallest absolute Gasteiger partial charge is 0.331 e. The highest BCUT2D eigenvalue weighted by atomic mass is 16.4. The van der Waals surface area contributed by atoms with E-state index in [0.29, 0.717) is 17.9 Å². The van der Waals surface area contributed by atoms with Gasteiger partial charge in [-0.15, -0.1) is 0 Å². The van der Waals surface area contributed by atoms with Gasteiger partial charge in [-0.05, 0) is 25.2 Å². The van der Waals surface area contributed by atoms with E-state index in [0.717, 1.165) is 12.8 Å². The molecule has 0 spiro atoms. The first-order valence-corrected chi connectivity index (χ1v) is 4.50. The van der Waals surface area contributed by atoms with Crippen LogP contribution in [0.3, 0.4) is 0 Å². The van der Waals surface area contributed by atoms with Gasteiger partial charge in [-0.25, -0.2) is 4.79 Å². The number of carboxylic acid groups (broad SMARTS) is 1. The van der Waals surface area contributed by atoms with Crippen LogP contribution in [0.25, 0.3) is 0 Å². The summed E-state index contributed by atoms with van der Waals surface area (Å²) in [6.45, 7) is 6.16. The Labute approximate surface area is 74.3 Å². The maximum Gasteiger partial charge on any atom is 0.331 e. The van der Waals surface area contributed by atoms with E-state index in [2.05, 4.69) is 13.8 Å². The zero-order valence-corrected chi connectivity index (χ0v) is 8.13. The number of allylic oxidation sites excluding steroid dienone is 1. The Bertz CT molecular complexity index is 169. The normalized spacial score (nSPS) is 12.2. The quantitative estimate of drug-likeness (QED) is 0.644. The number of hydrogen-bond acceptors (Lipinski definition) is 1. The number of rotatable bonds is 5. The van der Waals surface area contributed by atoms with Gasteiger partial charge in [0.25, 0.3) is 0 Å². The lowest BCUT2D eigenvalue weighted by molar-refractivity contribution is -0.132. The van der Waals surface area contributed by atoms with Gasteiger partial charge in [0.15, 0.2) is 0 Å². The van der Waals surface area contributed by atoms with Gasteiger partial charge in [-0.3, -0.25) is 0 Å². The van der Waals surface area contributed by atoms with Crippen molar-refractivity contribution >= 4 is 5.97 Å². The van der Waals surface area contributed by atoms with Crippen LogP contribution in [0.2, 0.25) is 0 Å². The van der Waals surface area contributed by atoms with Crippen molar-refractivity contribution in [1.29, 1.82) is 0 Å². The second-order valence-electron chi connectivity index (χ2n) is 3.38. The second-order valence-corrected chi connectivity index (χ2v) is 3.38. The number of carbonyl (C=O) groups is 1. The Balaban J connectivity index is 3.97. The van der Waals surface area contributed by atoms with E-state index in [9.17, 15) is 4.79 Å². The predicted octanol–water partition coefficient (Wildman–Crippen LogP) is 2.84. The molecule has 2 nitrogen and oxygen atoms in total. The van der Waals surface area contributed by atoms with Crippen LogP contribution in [0.5, 0.6) is 0 Å². The van der Waals surface area contributed by atoms with Crippen LogP contribution in [-0.2, 0) is 4.79 Å². The van der Waals surface area contributed by atoms with Gasteiger partial charge >= 0.3 is 5.97 Å². The monoisotopic (exact) mass is 170 g/mol. The van der Waals surface area contributed by atoms with Crippen LogP contribution in [-0.4, -0.2) is 11.1 Å². The van der Waals surface area contributed by atoms with Crippen LogP contribution in [0.1, 0.15) is 40.0 Å². The van der Waals surface area contributed by atoms with E-state index in [4.69, 9.17) is 5.11 Å². The molecular formula is C10H18O2. The Morgan fingerprint density at radius 1 is 1.50 bits per heavy atom. The number of carboxylic acids is 1. The molecule has 12 heavy (non-hydrogen) atoms. The van der Waals surface area contributed by atoms with Crippen molar-refractivity contribution in [2.45, 2.75) is 40.0 Å². The summed E-state index contributed by atoms with van der Waals surface area (Å²) in [7, 11) is 0. The van der Waals surface area contributed by atoms with Crippen LogP contribution >= 0.6 is 0 Å². The maximum atomic E-state index is 10.6.